The smallest absolute Gasteiger partial charge is 0.214 e. The molecule has 0 aromatic heterocycles. The molecule has 0 saturated carbocycles. The first kappa shape index (κ1) is 24.7. The molecule has 0 heterocycles. The number of rotatable bonds is 11. The van der Waals surface area contributed by atoms with Crippen LogP contribution in [0.5, 0.6) is 0 Å². The van der Waals surface area contributed by atoms with E-state index in [9.17, 15) is 19.2 Å². The third kappa shape index (κ3) is 5.97. The summed E-state index contributed by atoms with van der Waals surface area (Å²) in [5.74, 6) is -5.06. The maximum absolute atomic E-state index is 13.7. The SMILES string of the molecule is O=C(Cc1ccccc1)[C@H](C(=O)C(=O)[C@@H](C(=O)Cc1ccccc1)c1ccccc1)c1ccccc1. The summed E-state index contributed by atoms with van der Waals surface area (Å²) in [4.78, 5) is 54.3. The van der Waals surface area contributed by atoms with Crippen molar-refractivity contribution in [2.45, 2.75) is 24.7 Å². The van der Waals surface area contributed by atoms with Gasteiger partial charge in [-0.2, -0.15) is 0 Å². The van der Waals surface area contributed by atoms with Crippen molar-refractivity contribution in [3.05, 3.63) is 144 Å². The molecule has 4 aromatic carbocycles. The van der Waals surface area contributed by atoms with Crippen LogP contribution in [-0.2, 0) is 32.0 Å². The van der Waals surface area contributed by atoms with Crippen molar-refractivity contribution in [3.8, 4) is 0 Å². The molecule has 0 bridgehead atoms. The van der Waals surface area contributed by atoms with Crippen LogP contribution in [0.3, 0.4) is 0 Å². The molecule has 2 atom stereocenters. The van der Waals surface area contributed by atoms with Crippen molar-refractivity contribution in [1.29, 1.82) is 0 Å². The van der Waals surface area contributed by atoms with E-state index in [1.807, 2.05) is 60.7 Å². The van der Waals surface area contributed by atoms with Crippen molar-refractivity contribution < 1.29 is 19.2 Å². The summed E-state index contributed by atoms with van der Waals surface area (Å²) >= 11 is 0. The zero-order valence-corrected chi connectivity index (χ0v) is 19.7. The average Bonchev–Trinajstić information content (AvgIpc) is 2.91. The third-order valence-electron chi connectivity index (χ3n) is 6.12. The van der Waals surface area contributed by atoms with Gasteiger partial charge in [0.05, 0.1) is 0 Å². The van der Waals surface area contributed by atoms with Crippen LogP contribution >= 0.6 is 0 Å². The molecule has 4 aromatic rings. The van der Waals surface area contributed by atoms with E-state index < -0.39 is 23.4 Å². The van der Waals surface area contributed by atoms with E-state index in [2.05, 4.69) is 0 Å². The van der Waals surface area contributed by atoms with Crippen LogP contribution in [0.15, 0.2) is 121 Å². The second-order valence-electron chi connectivity index (χ2n) is 8.67. The number of hydrogen-bond donors (Lipinski definition) is 0. The molecular formula is C32H26O4. The highest BCUT2D eigenvalue weighted by Crippen LogP contribution is 2.27. The van der Waals surface area contributed by atoms with Gasteiger partial charge in [-0.1, -0.05) is 121 Å². The molecule has 0 saturated heterocycles. The summed E-state index contributed by atoms with van der Waals surface area (Å²) < 4.78 is 0. The van der Waals surface area contributed by atoms with Gasteiger partial charge in [0.1, 0.15) is 11.8 Å². The fourth-order valence-electron chi connectivity index (χ4n) is 4.34. The summed E-state index contributed by atoms with van der Waals surface area (Å²) in [6.45, 7) is 0. The summed E-state index contributed by atoms with van der Waals surface area (Å²) in [5.41, 5.74) is 2.39. The van der Waals surface area contributed by atoms with Gasteiger partial charge in [-0.3, -0.25) is 19.2 Å². The van der Waals surface area contributed by atoms with Gasteiger partial charge in [-0.15, -0.1) is 0 Å². The first-order valence-corrected chi connectivity index (χ1v) is 11.9. The van der Waals surface area contributed by atoms with Crippen LogP contribution in [-0.4, -0.2) is 23.1 Å². The molecule has 0 aliphatic rings. The van der Waals surface area contributed by atoms with Gasteiger partial charge in [-0.05, 0) is 22.3 Å². The Hall–Kier alpha value is -4.44. The lowest BCUT2D eigenvalue weighted by Gasteiger charge is -2.19. The van der Waals surface area contributed by atoms with Gasteiger partial charge < -0.3 is 0 Å². The predicted molar refractivity (Wildman–Crippen MR) is 139 cm³/mol. The van der Waals surface area contributed by atoms with Crippen LogP contribution < -0.4 is 0 Å². The van der Waals surface area contributed by atoms with E-state index in [1.54, 1.807) is 60.7 Å². The van der Waals surface area contributed by atoms with Crippen LogP contribution in [0.2, 0.25) is 0 Å². The van der Waals surface area contributed by atoms with Gasteiger partial charge >= 0.3 is 0 Å². The Balaban J connectivity index is 1.68. The summed E-state index contributed by atoms with van der Waals surface area (Å²) in [5, 5.41) is 0. The minimum atomic E-state index is -1.28. The molecule has 0 fully saturated rings. The molecule has 0 N–H and O–H groups in total. The van der Waals surface area contributed by atoms with Crippen LogP contribution in [0, 0.1) is 0 Å². The topological polar surface area (TPSA) is 68.3 Å². The predicted octanol–water partition coefficient (Wildman–Crippen LogP) is 5.32. The highest BCUT2D eigenvalue weighted by atomic mass is 16.2. The van der Waals surface area contributed by atoms with E-state index in [1.165, 1.54) is 0 Å². The lowest BCUT2D eigenvalue weighted by molar-refractivity contribution is -0.143. The van der Waals surface area contributed by atoms with Gasteiger partial charge in [0.15, 0.2) is 11.6 Å². The maximum atomic E-state index is 13.7. The minimum absolute atomic E-state index is 0.00733. The highest BCUT2D eigenvalue weighted by molar-refractivity contribution is 6.48. The summed E-state index contributed by atoms with van der Waals surface area (Å²) in [6.07, 6.45) is 0.0147. The lowest BCUT2D eigenvalue weighted by Crippen LogP contribution is -2.36. The first-order chi connectivity index (χ1) is 17.5. The fourth-order valence-corrected chi connectivity index (χ4v) is 4.34. The zero-order chi connectivity index (χ0) is 25.3. The van der Waals surface area contributed by atoms with Gasteiger partial charge in [-0.25, -0.2) is 0 Å². The molecule has 0 spiro atoms. The van der Waals surface area contributed by atoms with Gasteiger partial charge in [0.25, 0.3) is 0 Å². The quantitative estimate of drug-likeness (QED) is 0.218. The number of carbonyl (C=O) groups excluding carboxylic acids is 4. The van der Waals surface area contributed by atoms with Crippen molar-refractivity contribution in [2.75, 3.05) is 0 Å². The third-order valence-corrected chi connectivity index (χ3v) is 6.12. The molecule has 178 valence electrons. The molecule has 0 aliphatic carbocycles. The van der Waals surface area contributed by atoms with Crippen LogP contribution in [0.1, 0.15) is 34.1 Å². The molecule has 0 radical (unpaired) electrons. The van der Waals surface area contributed by atoms with Gasteiger partial charge in [0, 0.05) is 12.8 Å². The Kier molecular flexibility index (Phi) is 8.09. The summed E-state index contributed by atoms with van der Waals surface area (Å²) in [6, 6.07) is 35.4. The molecule has 36 heavy (non-hydrogen) atoms. The molecule has 0 amide bonds. The van der Waals surface area contributed by atoms with E-state index >= 15 is 0 Å². The molecule has 0 unspecified atom stereocenters. The van der Waals surface area contributed by atoms with Crippen molar-refractivity contribution in [3.63, 3.8) is 0 Å². The number of hydrogen-bond acceptors (Lipinski definition) is 4. The normalized spacial score (nSPS) is 12.3. The number of carbonyl (C=O) groups is 4. The second-order valence-corrected chi connectivity index (χ2v) is 8.67. The van der Waals surface area contributed by atoms with Crippen LogP contribution in [0.25, 0.3) is 0 Å². The highest BCUT2D eigenvalue weighted by Gasteiger charge is 2.39. The number of Topliss-reactive ketones (excluding diaryl/α,β-unsaturated/α-hetero) is 4. The Morgan fingerprint density at radius 2 is 0.694 bits per heavy atom. The van der Waals surface area contributed by atoms with Crippen LogP contribution in [0.4, 0.5) is 0 Å². The Bertz CT molecular complexity index is 1220. The van der Waals surface area contributed by atoms with Crippen molar-refractivity contribution in [2.24, 2.45) is 0 Å². The molecule has 0 aliphatic heterocycles. The minimum Gasteiger partial charge on any atom is -0.298 e. The van der Waals surface area contributed by atoms with E-state index in [4.69, 9.17) is 0 Å². The standard InChI is InChI=1S/C32H26O4/c33-27(21-23-13-5-1-6-14-23)29(25-17-9-3-10-18-25)31(35)32(36)30(26-19-11-4-12-20-26)28(34)22-24-15-7-2-8-16-24/h1-20,29-30H,21-22H2/t29-,30-/m1/s1. The summed E-state index contributed by atoms with van der Waals surface area (Å²) in [7, 11) is 0. The van der Waals surface area contributed by atoms with Gasteiger partial charge in [0.2, 0.25) is 11.6 Å². The van der Waals surface area contributed by atoms with Crippen molar-refractivity contribution in [1.82, 2.24) is 0 Å². The maximum Gasteiger partial charge on any atom is 0.214 e. The molecule has 4 nitrogen and oxygen atoms in total. The Morgan fingerprint density at radius 3 is 1.00 bits per heavy atom. The molecule has 4 heteroatoms. The van der Waals surface area contributed by atoms with Crippen molar-refractivity contribution >= 4 is 23.1 Å². The number of benzene rings is 4. The van der Waals surface area contributed by atoms with E-state index in [0.29, 0.717) is 11.1 Å². The van der Waals surface area contributed by atoms with E-state index in [-0.39, 0.29) is 24.4 Å². The second kappa shape index (κ2) is 11.8. The Morgan fingerprint density at radius 1 is 0.417 bits per heavy atom. The molecule has 4 rings (SSSR count). The first-order valence-electron chi connectivity index (χ1n) is 11.9. The largest absolute Gasteiger partial charge is 0.298 e. The number of ketones is 4. The zero-order valence-electron chi connectivity index (χ0n) is 19.7. The average molecular weight is 475 g/mol. The fraction of sp³-hybridized carbons (Fsp3) is 0.125. The lowest BCUT2D eigenvalue weighted by atomic mass is 9.79. The Labute approximate surface area is 210 Å². The monoisotopic (exact) mass is 474 g/mol. The molecular weight excluding hydrogens is 448 g/mol. The van der Waals surface area contributed by atoms with E-state index in [0.717, 1.165) is 11.1 Å².